The van der Waals surface area contributed by atoms with Crippen molar-refractivity contribution in [2.45, 2.75) is 26.2 Å². The maximum absolute atomic E-state index is 12.4. The zero-order valence-electron chi connectivity index (χ0n) is 16.8. The van der Waals surface area contributed by atoms with Gasteiger partial charge in [-0.15, -0.1) is 0 Å². The number of hydrogen-bond donors (Lipinski definition) is 2. The third kappa shape index (κ3) is 4.83. The van der Waals surface area contributed by atoms with Crippen molar-refractivity contribution in [3.63, 3.8) is 0 Å². The number of hydrogen-bond acceptors (Lipinski definition) is 5. The summed E-state index contributed by atoms with van der Waals surface area (Å²) in [4.78, 5) is 23.9. The SMILES string of the molecule is Cc1cc(N2CCCCC2)nc(NCCNC(=O)c2ccc3ccccc3c2)n1. The van der Waals surface area contributed by atoms with Crippen LogP contribution in [-0.4, -0.2) is 42.1 Å². The van der Waals surface area contributed by atoms with Gasteiger partial charge in [0.15, 0.2) is 0 Å². The van der Waals surface area contributed by atoms with Crippen LogP contribution >= 0.6 is 0 Å². The lowest BCUT2D eigenvalue weighted by atomic mass is 10.1. The molecule has 29 heavy (non-hydrogen) atoms. The first kappa shape index (κ1) is 19.2. The van der Waals surface area contributed by atoms with Crippen LogP contribution in [0.3, 0.4) is 0 Å². The monoisotopic (exact) mass is 389 g/mol. The molecule has 1 saturated heterocycles. The van der Waals surface area contributed by atoms with Crippen LogP contribution in [0.1, 0.15) is 35.3 Å². The Morgan fingerprint density at radius 2 is 1.76 bits per heavy atom. The van der Waals surface area contributed by atoms with Gasteiger partial charge in [0.1, 0.15) is 5.82 Å². The Hall–Kier alpha value is -3.15. The van der Waals surface area contributed by atoms with E-state index in [2.05, 4.69) is 25.5 Å². The van der Waals surface area contributed by atoms with E-state index >= 15 is 0 Å². The van der Waals surface area contributed by atoms with Crippen LogP contribution < -0.4 is 15.5 Å². The van der Waals surface area contributed by atoms with E-state index in [0.717, 1.165) is 35.4 Å². The number of benzene rings is 2. The van der Waals surface area contributed by atoms with Gasteiger partial charge in [-0.25, -0.2) is 4.98 Å². The van der Waals surface area contributed by atoms with E-state index < -0.39 is 0 Å². The third-order valence-electron chi connectivity index (χ3n) is 5.23. The molecule has 0 spiro atoms. The Morgan fingerprint density at radius 1 is 0.966 bits per heavy atom. The van der Waals surface area contributed by atoms with Crippen LogP contribution in [0, 0.1) is 6.92 Å². The normalized spacial score (nSPS) is 14.0. The summed E-state index contributed by atoms with van der Waals surface area (Å²) >= 11 is 0. The number of piperidine rings is 1. The molecule has 0 aliphatic carbocycles. The Balaban J connectivity index is 1.31. The number of nitrogens with zero attached hydrogens (tertiary/aromatic N) is 3. The number of amides is 1. The molecule has 1 aliphatic rings. The summed E-state index contributed by atoms with van der Waals surface area (Å²) in [6.45, 7) is 5.17. The summed E-state index contributed by atoms with van der Waals surface area (Å²) in [5, 5.41) is 8.39. The molecule has 1 aliphatic heterocycles. The molecule has 0 bridgehead atoms. The Kier molecular flexibility index (Phi) is 5.89. The van der Waals surface area contributed by atoms with Crippen LogP contribution in [-0.2, 0) is 0 Å². The van der Waals surface area contributed by atoms with E-state index in [1.165, 1.54) is 19.3 Å². The van der Waals surface area contributed by atoms with Gasteiger partial charge in [-0.2, -0.15) is 4.98 Å². The Morgan fingerprint density at radius 3 is 2.59 bits per heavy atom. The highest BCUT2D eigenvalue weighted by atomic mass is 16.1. The minimum atomic E-state index is -0.0725. The van der Waals surface area contributed by atoms with Gasteiger partial charge in [0.2, 0.25) is 5.95 Å². The highest BCUT2D eigenvalue weighted by Crippen LogP contribution is 2.19. The number of aromatic nitrogens is 2. The molecule has 0 saturated carbocycles. The third-order valence-corrected chi connectivity index (χ3v) is 5.23. The van der Waals surface area contributed by atoms with Crippen molar-refractivity contribution in [1.29, 1.82) is 0 Å². The molecule has 150 valence electrons. The van der Waals surface area contributed by atoms with Gasteiger partial charge in [0, 0.05) is 43.5 Å². The van der Waals surface area contributed by atoms with Crippen molar-refractivity contribution in [1.82, 2.24) is 15.3 Å². The van der Waals surface area contributed by atoms with Gasteiger partial charge < -0.3 is 15.5 Å². The summed E-state index contributed by atoms with van der Waals surface area (Å²) < 4.78 is 0. The number of rotatable bonds is 6. The lowest BCUT2D eigenvalue weighted by Gasteiger charge is -2.28. The van der Waals surface area contributed by atoms with Crippen molar-refractivity contribution in [2.24, 2.45) is 0 Å². The van der Waals surface area contributed by atoms with E-state index in [1.54, 1.807) is 0 Å². The number of nitrogens with one attached hydrogen (secondary N) is 2. The van der Waals surface area contributed by atoms with Gasteiger partial charge in [-0.3, -0.25) is 4.79 Å². The van der Waals surface area contributed by atoms with Gasteiger partial charge in [0.25, 0.3) is 5.91 Å². The first-order valence-corrected chi connectivity index (χ1v) is 10.3. The number of carbonyl (C=O) groups is 1. The second-order valence-electron chi connectivity index (χ2n) is 7.48. The summed E-state index contributed by atoms with van der Waals surface area (Å²) in [5.74, 6) is 1.53. The quantitative estimate of drug-likeness (QED) is 0.628. The fourth-order valence-electron chi connectivity index (χ4n) is 3.70. The molecule has 3 aromatic rings. The molecular weight excluding hydrogens is 362 g/mol. The first-order valence-electron chi connectivity index (χ1n) is 10.3. The van der Waals surface area contributed by atoms with Gasteiger partial charge in [0.05, 0.1) is 0 Å². The van der Waals surface area contributed by atoms with E-state index in [0.29, 0.717) is 24.6 Å². The predicted molar refractivity (Wildman–Crippen MR) is 118 cm³/mol. The molecule has 6 nitrogen and oxygen atoms in total. The number of aryl methyl sites for hydroxylation is 1. The Labute approximate surface area is 171 Å². The lowest BCUT2D eigenvalue weighted by molar-refractivity contribution is 0.0955. The van der Waals surface area contributed by atoms with Crippen molar-refractivity contribution >= 4 is 28.4 Å². The molecule has 0 unspecified atom stereocenters. The van der Waals surface area contributed by atoms with Crippen LogP contribution in [0.15, 0.2) is 48.5 Å². The zero-order chi connectivity index (χ0) is 20.1. The molecule has 2 heterocycles. The fourth-order valence-corrected chi connectivity index (χ4v) is 3.70. The molecule has 0 atom stereocenters. The molecule has 1 aromatic heterocycles. The number of anilines is 2. The van der Waals surface area contributed by atoms with E-state index in [-0.39, 0.29) is 5.91 Å². The molecule has 0 radical (unpaired) electrons. The number of carbonyl (C=O) groups excluding carboxylic acids is 1. The maximum atomic E-state index is 12.4. The first-order chi connectivity index (χ1) is 14.2. The Bertz CT molecular complexity index is 997. The second-order valence-corrected chi connectivity index (χ2v) is 7.48. The minimum Gasteiger partial charge on any atom is -0.356 e. The predicted octanol–water partition coefficient (Wildman–Crippen LogP) is 3.77. The van der Waals surface area contributed by atoms with Crippen molar-refractivity contribution < 1.29 is 4.79 Å². The molecule has 2 aromatic carbocycles. The van der Waals surface area contributed by atoms with Crippen molar-refractivity contribution in [2.75, 3.05) is 36.4 Å². The minimum absolute atomic E-state index is 0.0725. The van der Waals surface area contributed by atoms with Crippen LogP contribution in [0.4, 0.5) is 11.8 Å². The molecule has 1 fully saturated rings. The highest BCUT2D eigenvalue weighted by Gasteiger charge is 2.14. The second kappa shape index (κ2) is 8.90. The largest absolute Gasteiger partial charge is 0.356 e. The van der Waals surface area contributed by atoms with Gasteiger partial charge >= 0.3 is 0 Å². The topological polar surface area (TPSA) is 70.2 Å². The van der Waals surface area contributed by atoms with E-state index in [4.69, 9.17) is 0 Å². The summed E-state index contributed by atoms with van der Waals surface area (Å²) in [5.41, 5.74) is 1.62. The summed E-state index contributed by atoms with van der Waals surface area (Å²) in [6.07, 6.45) is 3.72. The zero-order valence-corrected chi connectivity index (χ0v) is 16.8. The van der Waals surface area contributed by atoms with Gasteiger partial charge in [-0.05, 0) is 49.1 Å². The highest BCUT2D eigenvalue weighted by molar-refractivity contribution is 5.98. The molecule has 4 rings (SSSR count). The molecule has 6 heteroatoms. The molecule has 1 amide bonds. The van der Waals surface area contributed by atoms with Crippen LogP contribution in [0.5, 0.6) is 0 Å². The standard InChI is InChI=1S/C23H27N5O/c1-17-15-21(28-13-5-2-6-14-28)27-23(26-17)25-12-11-24-22(29)20-10-9-18-7-3-4-8-19(18)16-20/h3-4,7-10,15-16H,2,5-6,11-14H2,1H3,(H,24,29)(H,25,26,27). The smallest absolute Gasteiger partial charge is 0.251 e. The summed E-state index contributed by atoms with van der Waals surface area (Å²) in [7, 11) is 0. The fraction of sp³-hybridized carbons (Fsp3) is 0.348. The molecular formula is C23H27N5O. The van der Waals surface area contributed by atoms with E-state index in [9.17, 15) is 4.79 Å². The summed E-state index contributed by atoms with van der Waals surface area (Å²) in [6, 6.07) is 15.8. The van der Waals surface area contributed by atoms with E-state index in [1.807, 2.05) is 55.5 Å². The number of fused-ring (bicyclic) bond motifs is 1. The van der Waals surface area contributed by atoms with Crippen molar-refractivity contribution in [3.05, 3.63) is 59.8 Å². The van der Waals surface area contributed by atoms with Gasteiger partial charge in [-0.1, -0.05) is 30.3 Å². The lowest BCUT2D eigenvalue weighted by Crippen LogP contribution is -2.31. The van der Waals surface area contributed by atoms with Crippen LogP contribution in [0.2, 0.25) is 0 Å². The molecule has 2 N–H and O–H groups in total. The van der Waals surface area contributed by atoms with Crippen molar-refractivity contribution in [3.8, 4) is 0 Å². The average Bonchev–Trinajstić information content (AvgIpc) is 2.76. The maximum Gasteiger partial charge on any atom is 0.251 e. The van der Waals surface area contributed by atoms with Crippen LogP contribution in [0.25, 0.3) is 10.8 Å². The average molecular weight is 390 g/mol.